The Morgan fingerprint density at radius 2 is 1.82 bits per heavy atom. The van der Waals surface area contributed by atoms with E-state index in [4.69, 9.17) is 15.3 Å². The smallest absolute Gasteiger partial charge is 0.253 e. The Balaban J connectivity index is 2.84. The number of amides is 1. The van der Waals surface area contributed by atoms with Gasteiger partial charge in [-0.1, -0.05) is 0 Å². The summed E-state index contributed by atoms with van der Waals surface area (Å²) in [4.78, 5) is 24.8. The SMILES string of the molecule is O=C(NC(CO)(CO)CO)c1ccc(=O)[nH]c1. The average Bonchev–Trinajstić information content (AvgIpc) is 2.37. The molecule has 7 nitrogen and oxygen atoms in total. The largest absolute Gasteiger partial charge is 0.394 e. The van der Waals surface area contributed by atoms with Gasteiger partial charge in [-0.15, -0.1) is 0 Å². The Hall–Kier alpha value is -1.70. The van der Waals surface area contributed by atoms with Gasteiger partial charge in [0.1, 0.15) is 5.54 Å². The summed E-state index contributed by atoms with van der Waals surface area (Å²) in [6, 6.07) is 2.47. The van der Waals surface area contributed by atoms with E-state index >= 15 is 0 Å². The highest BCUT2D eigenvalue weighted by molar-refractivity contribution is 5.94. The lowest BCUT2D eigenvalue weighted by Gasteiger charge is -2.28. The number of hydrogen-bond donors (Lipinski definition) is 5. The molecule has 1 heterocycles. The van der Waals surface area contributed by atoms with E-state index in [2.05, 4.69) is 10.3 Å². The number of hydrogen-bond acceptors (Lipinski definition) is 5. The molecular formula is C10H14N2O5. The minimum Gasteiger partial charge on any atom is -0.394 e. The van der Waals surface area contributed by atoms with E-state index in [1.54, 1.807) is 0 Å². The van der Waals surface area contributed by atoms with Crippen LogP contribution in [0, 0.1) is 0 Å². The zero-order chi connectivity index (χ0) is 12.9. The highest BCUT2D eigenvalue weighted by Crippen LogP contribution is 2.04. The summed E-state index contributed by atoms with van der Waals surface area (Å²) >= 11 is 0. The Morgan fingerprint density at radius 1 is 1.24 bits per heavy atom. The molecule has 0 unspecified atom stereocenters. The molecule has 1 rings (SSSR count). The summed E-state index contributed by atoms with van der Waals surface area (Å²) in [5.74, 6) is -0.613. The summed E-state index contributed by atoms with van der Waals surface area (Å²) in [6.07, 6.45) is 1.20. The quantitative estimate of drug-likeness (QED) is 0.402. The number of aromatic nitrogens is 1. The van der Waals surface area contributed by atoms with Crippen molar-refractivity contribution in [2.75, 3.05) is 19.8 Å². The number of aromatic amines is 1. The van der Waals surface area contributed by atoms with Crippen molar-refractivity contribution in [2.45, 2.75) is 5.54 Å². The molecule has 0 bridgehead atoms. The number of aliphatic hydroxyl groups is 3. The zero-order valence-electron chi connectivity index (χ0n) is 9.01. The monoisotopic (exact) mass is 242 g/mol. The van der Waals surface area contributed by atoms with Gasteiger partial charge < -0.3 is 25.6 Å². The van der Waals surface area contributed by atoms with Crippen LogP contribution in [0.15, 0.2) is 23.1 Å². The standard InChI is InChI=1S/C10H14N2O5/c13-4-10(5-14,6-15)12-9(17)7-1-2-8(16)11-3-7/h1-3,13-15H,4-6H2,(H,11,16)(H,12,17). The second-order valence-corrected chi connectivity index (χ2v) is 3.65. The van der Waals surface area contributed by atoms with E-state index in [1.807, 2.05) is 0 Å². The normalized spacial score (nSPS) is 11.2. The summed E-state index contributed by atoms with van der Waals surface area (Å²) in [5.41, 5.74) is -1.67. The highest BCUT2D eigenvalue weighted by atomic mass is 16.3. The van der Waals surface area contributed by atoms with Gasteiger partial charge >= 0.3 is 0 Å². The number of rotatable bonds is 5. The lowest BCUT2D eigenvalue weighted by atomic mass is 10.0. The molecule has 7 heteroatoms. The first kappa shape index (κ1) is 13.4. The number of aliphatic hydroxyl groups excluding tert-OH is 3. The van der Waals surface area contributed by atoms with Gasteiger partial charge in [0.05, 0.1) is 25.4 Å². The van der Waals surface area contributed by atoms with Crippen molar-refractivity contribution in [1.82, 2.24) is 10.3 Å². The molecule has 0 saturated heterocycles. The van der Waals surface area contributed by atoms with Crippen molar-refractivity contribution < 1.29 is 20.1 Å². The molecule has 0 radical (unpaired) electrons. The third-order valence-electron chi connectivity index (χ3n) is 2.33. The fraction of sp³-hybridized carbons (Fsp3) is 0.400. The minimum absolute atomic E-state index is 0.157. The van der Waals surface area contributed by atoms with Gasteiger partial charge in [-0.2, -0.15) is 0 Å². The number of pyridine rings is 1. The molecule has 1 aromatic rings. The van der Waals surface area contributed by atoms with Crippen molar-refractivity contribution in [3.05, 3.63) is 34.2 Å². The Kier molecular flexibility index (Phi) is 4.38. The van der Waals surface area contributed by atoms with E-state index in [0.717, 1.165) is 0 Å². The summed E-state index contributed by atoms with van der Waals surface area (Å²) < 4.78 is 0. The Morgan fingerprint density at radius 3 is 2.24 bits per heavy atom. The molecule has 1 amide bonds. The number of carbonyl (C=O) groups excluding carboxylic acids is 1. The molecule has 5 N–H and O–H groups in total. The third kappa shape index (κ3) is 3.13. The summed E-state index contributed by atoms with van der Waals surface area (Å²) in [5, 5.41) is 29.4. The molecule has 0 aliphatic carbocycles. The van der Waals surface area contributed by atoms with Crippen LogP contribution in [-0.2, 0) is 0 Å². The number of H-pyrrole nitrogens is 1. The van der Waals surface area contributed by atoms with Crippen LogP contribution in [0.5, 0.6) is 0 Å². The van der Waals surface area contributed by atoms with Crippen molar-refractivity contribution in [2.24, 2.45) is 0 Å². The lowest BCUT2D eigenvalue weighted by Crippen LogP contribution is -2.57. The van der Waals surface area contributed by atoms with Gasteiger partial charge in [-0.05, 0) is 6.07 Å². The van der Waals surface area contributed by atoms with E-state index in [1.165, 1.54) is 18.3 Å². The average molecular weight is 242 g/mol. The van der Waals surface area contributed by atoms with E-state index < -0.39 is 31.3 Å². The van der Waals surface area contributed by atoms with Crippen molar-refractivity contribution in [3.63, 3.8) is 0 Å². The van der Waals surface area contributed by atoms with Gasteiger partial charge in [-0.25, -0.2) is 0 Å². The number of carbonyl (C=O) groups is 1. The highest BCUT2D eigenvalue weighted by Gasteiger charge is 2.30. The second-order valence-electron chi connectivity index (χ2n) is 3.65. The molecule has 0 fully saturated rings. The predicted octanol–water partition coefficient (Wildman–Crippen LogP) is -2.18. The van der Waals surface area contributed by atoms with Crippen LogP contribution < -0.4 is 10.9 Å². The van der Waals surface area contributed by atoms with E-state index in [-0.39, 0.29) is 11.1 Å². The molecule has 0 aliphatic rings. The Bertz CT molecular complexity index is 410. The summed E-state index contributed by atoms with van der Waals surface area (Å²) in [7, 11) is 0. The van der Waals surface area contributed by atoms with Crippen LogP contribution >= 0.6 is 0 Å². The van der Waals surface area contributed by atoms with Crippen molar-refractivity contribution in [3.8, 4) is 0 Å². The fourth-order valence-electron chi connectivity index (χ4n) is 1.13. The van der Waals surface area contributed by atoms with E-state index in [0.29, 0.717) is 0 Å². The van der Waals surface area contributed by atoms with Gasteiger partial charge in [0.2, 0.25) is 5.56 Å². The fourth-order valence-corrected chi connectivity index (χ4v) is 1.13. The molecule has 0 atom stereocenters. The first-order valence-electron chi connectivity index (χ1n) is 4.91. The van der Waals surface area contributed by atoms with Crippen LogP contribution in [0.2, 0.25) is 0 Å². The van der Waals surface area contributed by atoms with Crippen LogP contribution in [0.4, 0.5) is 0 Å². The van der Waals surface area contributed by atoms with Crippen LogP contribution in [0.25, 0.3) is 0 Å². The molecule has 17 heavy (non-hydrogen) atoms. The van der Waals surface area contributed by atoms with Crippen molar-refractivity contribution in [1.29, 1.82) is 0 Å². The molecule has 0 saturated carbocycles. The predicted molar refractivity (Wildman–Crippen MR) is 58.5 cm³/mol. The maximum Gasteiger partial charge on any atom is 0.253 e. The van der Waals surface area contributed by atoms with Crippen LogP contribution in [-0.4, -0.2) is 51.6 Å². The topological polar surface area (TPSA) is 123 Å². The van der Waals surface area contributed by atoms with Gasteiger partial charge in [0.15, 0.2) is 0 Å². The maximum absolute atomic E-state index is 11.7. The zero-order valence-corrected chi connectivity index (χ0v) is 9.01. The third-order valence-corrected chi connectivity index (χ3v) is 2.33. The minimum atomic E-state index is -1.48. The molecule has 0 aromatic carbocycles. The second kappa shape index (κ2) is 5.58. The Labute approximate surface area is 96.7 Å². The van der Waals surface area contributed by atoms with Crippen molar-refractivity contribution >= 4 is 5.91 Å². The van der Waals surface area contributed by atoms with Gasteiger partial charge in [0, 0.05) is 12.3 Å². The number of nitrogens with one attached hydrogen (secondary N) is 2. The van der Waals surface area contributed by atoms with Gasteiger partial charge in [0.25, 0.3) is 5.91 Å². The van der Waals surface area contributed by atoms with Crippen LogP contribution in [0.1, 0.15) is 10.4 Å². The first-order chi connectivity index (χ1) is 8.06. The molecule has 94 valence electrons. The maximum atomic E-state index is 11.7. The molecule has 0 aliphatic heterocycles. The summed E-state index contributed by atoms with van der Waals surface area (Å²) in [6.45, 7) is -1.81. The molecule has 1 aromatic heterocycles. The van der Waals surface area contributed by atoms with Gasteiger partial charge in [-0.3, -0.25) is 9.59 Å². The molecule has 0 spiro atoms. The van der Waals surface area contributed by atoms with Crippen LogP contribution in [0.3, 0.4) is 0 Å². The van der Waals surface area contributed by atoms with E-state index in [9.17, 15) is 9.59 Å². The molecular weight excluding hydrogens is 228 g/mol. The lowest BCUT2D eigenvalue weighted by molar-refractivity contribution is 0.0375. The first-order valence-corrected chi connectivity index (χ1v) is 4.91.